The van der Waals surface area contributed by atoms with Gasteiger partial charge in [-0.15, -0.1) is 0 Å². The number of furan rings is 1. The second-order valence-corrected chi connectivity index (χ2v) is 7.24. The zero-order valence-electron chi connectivity index (χ0n) is 16.3. The smallest absolute Gasteiger partial charge is 0.409 e. The monoisotopic (exact) mass is 422 g/mol. The molecule has 0 spiro atoms. The highest BCUT2D eigenvalue weighted by Gasteiger charge is 2.25. The van der Waals surface area contributed by atoms with Crippen molar-refractivity contribution in [3.63, 3.8) is 0 Å². The summed E-state index contributed by atoms with van der Waals surface area (Å²) >= 11 is 5.98. The average molecular weight is 423 g/mol. The Balaban J connectivity index is 1.48. The zero-order chi connectivity index (χ0) is 21.0. The molecule has 2 aromatic rings. The number of benzene rings is 1. The van der Waals surface area contributed by atoms with Crippen molar-refractivity contribution in [3.05, 3.63) is 34.5 Å². The Morgan fingerprint density at radius 2 is 1.97 bits per heavy atom. The van der Waals surface area contributed by atoms with E-state index in [1.807, 2.05) is 0 Å². The van der Waals surface area contributed by atoms with E-state index in [2.05, 4.69) is 5.32 Å². The molecule has 29 heavy (non-hydrogen) atoms. The molecule has 1 fully saturated rings. The third-order valence-electron chi connectivity index (χ3n) is 4.80. The van der Waals surface area contributed by atoms with Crippen LogP contribution in [0.1, 0.15) is 35.9 Å². The topological polar surface area (TPSA) is 98.1 Å². The van der Waals surface area contributed by atoms with Crippen molar-refractivity contribution in [1.82, 2.24) is 10.2 Å². The summed E-state index contributed by atoms with van der Waals surface area (Å²) in [6.07, 6.45) is 0.887. The minimum Gasteiger partial charge on any atom is -0.450 e. The lowest BCUT2D eigenvalue weighted by Crippen LogP contribution is -2.47. The van der Waals surface area contributed by atoms with E-state index in [0.717, 1.165) is 5.39 Å². The summed E-state index contributed by atoms with van der Waals surface area (Å²) in [7, 11) is 0. The van der Waals surface area contributed by atoms with Crippen molar-refractivity contribution in [2.24, 2.45) is 0 Å². The molecule has 1 saturated heterocycles. The fourth-order valence-electron chi connectivity index (χ4n) is 3.27. The van der Waals surface area contributed by atoms with Gasteiger partial charge in [-0.1, -0.05) is 11.6 Å². The van der Waals surface area contributed by atoms with Crippen LogP contribution in [0.25, 0.3) is 11.0 Å². The van der Waals surface area contributed by atoms with Gasteiger partial charge < -0.3 is 24.1 Å². The molecule has 0 aliphatic carbocycles. The van der Waals surface area contributed by atoms with E-state index in [1.165, 1.54) is 0 Å². The molecule has 1 aromatic carbocycles. The number of ether oxygens (including phenoxy) is 2. The Hall–Kier alpha value is -2.74. The number of aryl methyl sites for hydroxylation is 1. The first-order valence-electron chi connectivity index (χ1n) is 9.46. The Bertz CT molecular complexity index is 917. The second kappa shape index (κ2) is 9.17. The van der Waals surface area contributed by atoms with Crippen molar-refractivity contribution < 1.29 is 28.3 Å². The van der Waals surface area contributed by atoms with Crippen molar-refractivity contribution in [1.29, 1.82) is 0 Å². The molecule has 0 atom stereocenters. The van der Waals surface area contributed by atoms with E-state index in [0.29, 0.717) is 48.7 Å². The number of esters is 1. The molecule has 1 aliphatic heterocycles. The lowest BCUT2D eigenvalue weighted by molar-refractivity contribution is -0.125. The fraction of sp³-hybridized carbons (Fsp3) is 0.450. The third kappa shape index (κ3) is 5.00. The van der Waals surface area contributed by atoms with Gasteiger partial charge in [0.05, 0.1) is 6.61 Å². The van der Waals surface area contributed by atoms with Crippen molar-refractivity contribution in [2.45, 2.75) is 32.7 Å². The summed E-state index contributed by atoms with van der Waals surface area (Å²) in [5.41, 5.74) is 1.14. The fourth-order valence-corrected chi connectivity index (χ4v) is 3.45. The van der Waals surface area contributed by atoms with Crippen LogP contribution in [-0.2, 0) is 14.3 Å². The molecule has 0 saturated carbocycles. The Morgan fingerprint density at radius 3 is 2.66 bits per heavy atom. The molecule has 156 valence electrons. The van der Waals surface area contributed by atoms with Crippen molar-refractivity contribution in [2.75, 3.05) is 26.3 Å². The highest BCUT2D eigenvalue weighted by Crippen LogP contribution is 2.28. The van der Waals surface area contributed by atoms with Gasteiger partial charge in [0.2, 0.25) is 5.76 Å². The highest BCUT2D eigenvalue weighted by molar-refractivity contribution is 6.31. The number of nitrogens with zero attached hydrogens (tertiary/aromatic N) is 1. The standard InChI is InChI=1S/C20H23ClN2O6/c1-3-27-20(26)23-8-6-14(7-9-23)22-17(24)11-28-19(25)18-12(2)15-10-13(21)4-5-16(15)29-18/h4-5,10,14H,3,6-9,11H2,1-2H3,(H,22,24). The number of fused-ring (bicyclic) bond motifs is 1. The average Bonchev–Trinajstić information content (AvgIpc) is 3.03. The van der Waals surface area contributed by atoms with Gasteiger partial charge in [0.1, 0.15) is 5.58 Å². The molecule has 0 unspecified atom stereocenters. The molecule has 8 nitrogen and oxygen atoms in total. The molecule has 1 aromatic heterocycles. The number of nitrogens with one attached hydrogen (secondary N) is 1. The Morgan fingerprint density at radius 1 is 1.24 bits per heavy atom. The first kappa shape index (κ1) is 21.0. The molecule has 9 heteroatoms. The summed E-state index contributed by atoms with van der Waals surface area (Å²) in [6, 6.07) is 4.98. The van der Waals surface area contributed by atoms with Crippen LogP contribution in [-0.4, -0.2) is 55.2 Å². The highest BCUT2D eigenvalue weighted by atomic mass is 35.5. The summed E-state index contributed by atoms with van der Waals surface area (Å²) in [5.74, 6) is -1.05. The lowest BCUT2D eigenvalue weighted by atomic mass is 10.1. The molecule has 0 bridgehead atoms. The van der Waals surface area contributed by atoms with Crippen molar-refractivity contribution in [3.8, 4) is 0 Å². The van der Waals surface area contributed by atoms with Crippen molar-refractivity contribution >= 4 is 40.5 Å². The molecule has 1 aliphatic rings. The van der Waals surface area contributed by atoms with E-state index in [1.54, 1.807) is 36.9 Å². The van der Waals surface area contributed by atoms with Crippen LogP contribution in [0.4, 0.5) is 4.79 Å². The number of carbonyl (C=O) groups is 3. The minimum atomic E-state index is -0.706. The van der Waals surface area contributed by atoms with Gasteiger partial charge in [0.15, 0.2) is 6.61 Å². The molecular formula is C20H23ClN2O6. The van der Waals surface area contributed by atoms with Gasteiger partial charge in [0, 0.05) is 35.1 Å². The van der Waals surface area contributed by atoms with E-state index >= 15 is 0 Å². The van der Waals surface area contributed by atoms with E-state index in [-0.39, 0.29) is 17.9 Å². The molecular weight excluding hydrogens is 400 g/mol. The van der Waals surface area contributed by atoms with Gasteiger partial charge in [-0.25, -0.2) is 9.59 Å². The predicted molar refractivity (Wildman–Crippen MR) is 106 cm³/mol. The van der Waals surface area contributed by atoms with Crippen LogP contribution in [0.3, 0.4) is 0 Å². The molecule has 0 radical (unpaired) electrons. The lowest BCUT2D eigenvalue weighted by Gasteiger charge is -2.31. The van der Waals surface area contributed by atoms with Gasteiger partial charge in [-0.05, 0) is 44.9 Å². The van der Waals surface area contributed by atoms with Gasteiger partial charge in [0.25, 0.3) is 5.91 Å². The third-order valence-corrected chi connectivity index (χ3v) is 5.04. The first-order chi connectivity index (χ1) is 13.9. The van der Waals surface area contributed by atoms with Crippen LogP contribution >= 0.6 is 11.6 Å². The second-order valence-electron chi connectivity index (χ2n) is 6.80. The normalized spacial score (nSPS) is 14.7. The number of rotatable bonds is 5. The van der Waals surface area contributed by atoms with Crippen LogP contribution in [0.5, 0.6) is 0 Å². The van der Waals surface area contributed by atoms with Crippen LogP contribution in [0.15, 0.2) is 22.6 Å². The Labute approximate surface area is 173 Å². The maximum absolute atomic E-state index is 12.3. The number of amides is 2. The SMILES string of the molecule is CCOC(=O)N1CCC(NC(=O)COC(=O)c2oc3ccc(Cl)cc3c2C)CC1. The summed E-state index contributed by atoms with van der Waals surface area (Å²) < 4.78 is 15.6. The summed E-state index contributed by atoms with van der Waals surface area (Å²) in [5, 5.41) is 4.08. The van der Waals surface area contributed by atoms with E-state index in [4.69, 9.17) is 25.5 Å². The minimum absolute atomic E-state index is 0.0535. The largest absolute Gasteiger partial charge is 0.450 e. The molecule has 1 N–H and O–H groups in total. The van der Waals surface area contributed by atoms with E-state index < -0.39 is 18.5 Å². The number of halogens is 1. The first-order valence-corrected chi connectivity index (χ1v) is 9.83. The van der Waals surface area contributed by atoms with Crippen LogP contribution < -0.4 is 5.32 Å². The number of hydrogen-bond acceptors (Lipinski definition) is 6. The maximum atomic E-state index is 12.3. The molecule has 2 heterocycles. The number of piperidine rings is 1. The summed E-state index contributed by atoms with van der Waals surface area (Å²) in [6.45, 7) is 4.42. The molecule has 2 amide bonds. The van der Waals surface area contributed by atoms with E-state index in [9.17, 15) is 14.4 Å². The van der Waals surface area contributed by atoms with Gasteiger partial charge in [-0.2, -0.15) is 0 Å². The number of carbonyl (C=O) groups excluding carboxylic acids is 3. The number of hydrogen-bond donors (Lipinski definition) is 1. The van der Waals surface area contributed by atoms with Crippen LogP contribution in [0.2, 0.25) is 5.02 Å². The quantitative estimate of drug-likeness (QED) is 0.742. The zero-order valence-corrected chi connectivity index (χ0v) is 17.1. The predicted octanol–water partition coefficient (Wildman–Crippen LogP) is 3.29. The maximum Gasteiger partial charge on any atom is 0.409 e. The molecule has 3 rings (SSSR count). The number of likely N-dealkylation sites (tertiary alicyclic amines) is 1. The van der Waals surface area contributed by atoms with Gasteiger partial charge in [-0.3, -0.25) is 4.79 Å². The Kier molecular flexibility index (Phi) is 6.64. The van der Waals surface area contributed by atoms with Crippen LogP contribution in [0, 0.1) is 6.92 Å². The van der Waals surface area contributed by atoms with Gasteiger partial charge >= 0.3 is 12.1 Å². The summed E-state index contributed by atoms with van der Waals surface area (Å²) in [4.78, 5) is 37.7.